The number of aliphatic hydroxyl groups is 1. The Bertz CT molecular complexity index is 919. The highest BCUT2D eigenvalue weighted by Gasteiger charge is 2.51. The molecule has 1 N–H and O–H groups in total. The van der Waals surface area contributed by atoms with E-state index in [2.05, 4.69) is 20.9 Å². The molecule has 2 aromatic carbocycles. The molecule has 3 aromatic rings. The molecule has 140 valence electrons. The van der Waals surface area contributed by atoms with Crippen LogP contribution in [0.1, 0.15) is 11.1 Å². The molecule has 1 aromatic heterocycles. The molecular formula is C20H19Br2N3O2. The molecule has 1 atom stereocenters. The minimum atomic E-state index is -1.16. The minimum Gasteiger partial charge on any atom is -1.00 e. The van der Waals surface area contributed by atoms with Crippen LogP contribution in [0, 0.1) is 0 Å². The summed E-state index contributed by atoms with van der Waals surface area (Å²) in [6.07, 6.45) is 3.69. The Morgan fingerprint density at radius 2 is 1.89 bits per heavy atom. The van der Waals surface area contributed by atoms with Crippen LogP contribution in [-0.2, 0) is 18.8 Å². The molecule has 2 heterocycles. The molecule has 0 saturated heterocycles. The Labute approximate surface area is 177 Å². The van der Waals surface area contributed by atoms with Crippen molar-refractivity contribution in [3.8, 4) is 5.75 Å². The molecule has 0 aliphatic carbocycles. The van der Waals surface area contributed by atoms with Crippen LogP contribution in [0.25, 0.3) is 0 Å². The number of hydrogen-bond acceptors (Lipinski definition) is 4. The number of methoxy groups -OCH3 is 1. The number of halogens is 2. The van der Waals surface area contributed by atoms with E-state index in [9.17, 15) is 5.11 Å². The van der Waals surface area contributed by atoms with Crippen LogP contribution in [0.15, 0.2) is 71.5 Å². The summed E-state index contributed by atoms with van der Waals surface area (Å²) in [6.45, 7) is 0.960. The van der Waals surface area contributed by atoms with Gasteiger partial charge in [0, 0.05) is 16.1 Å². The van der Waals surface area contributed by atoms with Crippen molar-refractivity contribution in [3.05, 3.63) is 82.6 Å². The van der Waals surface area contributed by atoms with Crippen molar-refractivity contribution in [1.29, 1.82) is 0 Å². The Hall–Kier alpha value is -1.96. The summed E-state index contributed by atoms with van der Waals surface area (Å²) in [7, 11) is 1.65. The summed E-state index contributed by atoms with van der Waals surface area (Å²) < 4.78 is 8.19. The molecule has 0 radical (unpaired) electrons. The van der Waals surface area contributed by atoms with Crippen LogP contribution < -0.4 is 31.2 Å². The van der Waals surface area contributed by atoms with Crippen molar-refractivity contribution in [1.82, 2.24) is 4.98 Å². The van der Waals surface area contributed by atoms with Crippen LogP contribution in [0.3, 0.4) is 0 Å². The zero-order valence-electron chi connectivity index (χ0n) is 14.7. The van der Waals surface area contributed by atoms with Gasteiger partial charge in [-0.05, 0) is 29.8 Å². The monoisotopic (exact) mass is 491 g/mol. The van der Waals surface area contributed by atoms with Gasteiger partial charge in [0.05, 0.1) is 19.9 Å². The molecular weight excluding hydrogens is 474 g/mol. The van der Waals surface area contributed by atoms with Gasteiger partial charge in [-0.3, -0.25) is 0 Å². The van der Waals surface area contributed by atoms with E-state index in [0.29, 0.717) is 13.1 Å². The Kier molecular flexibility index (Phi) is 5.83. The van der Waals surface area contributed by atoms with Gasteiger partial charge in [0.25, 0.3) is 0 Å². The lowest BCUT2D eigenvalue weighted by atomic mass is 10.0. The first-order valence-electron chi connectivity index (χ1n) is 8.33. The fraction of sp³-hybridized carbons (Fsp3) is 0.200. The number of rotatable bonds is 4. The summed E-state index contributed by atoms with van der Waals surface area (Å²) >= 11 is 3.46. The normalized spacial score (nSPS) is 18.0. The van der Waals surface area contributed by atoms with E-state index >= 15 is 0 Å². The lowest BCUT2D eigenvalue weighted by Crippen LogP contribution is -3.00. The van der Waals surface area contributed by atoms with E-state index in [0.717, 1.165) is 27.3 Å². The van der Waals surface area contributed by atoms with E-state index in [4.69, 9.17) is 4.74 Å². The first-order chi connectivity index (χ1) is 12.6. The topological polar surface area (TPSA) is 49.5 Å². The van der Waals surface area contributed by atoms with Crippen molar-refractivity contribution < 1.29 is 31.4 Å². The van der Waals surface area contributed by atoms with Crippen molar-refractivity contribution in [3.63, 3.8) is 0 Å². The second-order valence-electron chi connectivity index (χ2n) is 6.31. The molecule has 0 fully saturated rings. The van der Waals surface area contributed by atoms with E-state index < -0.39 is 5.72 Å². The first kappa shape index (κ1) is 19.8. The SMILES string of the molecule is COc1ccc(CN2c3nccc[n+]3C[C@@]2(O)c2ccc(Br)cc2)cc1.[Br-]. The maximum absolute atomic E-state index is 11.6. The van der Waals surface area contributed by atoms with Gasteiger partial charge >= 0.3 is 5.95 Å². The Balaban J connectivity index is 0.00000210. The highest BCUT2D eigenvalue weighted by Crippen LogP contribution is 2.35. The van der Waals surface area contributed by atoms with E-state index in [1.807, 2.05) is 70.3 Å². The minimum absolute atomic E-state index is 0. The summed E-state index contributed by atoms with van der Waals surface area (Å²) in [5.74, 6) is 1.56. The third-order valence-electron chi connectivity index (χ3n) is 4.68. The molecule has 5 nitrogen and oxygen atoms in total. The van der Waals surface area contributed by atoms with Crippen LogP contribution in [-0.4, -0.2) is 17.2 Å². The number of fused-ring (bicyclic) bond motifs is 1. The Morgan fingerprint density at radius 1 is 1.19 bits per heavy atom. The number of benzene rings is 2. The summed E-state index contributed by atoms with van der Waals surface area (Å²) in [6, 6.07) is 17.5. The van der Waals surface area contributed by atoms with E-state index in [-0.39, 0.29) is 17.0 Å². The van der Waals surface area contributed by atoms with Crippen molar-refractivity contribution in [2.45, 2.75) is 18.8 Å². The number of anilines is 1. The summed E-state index contributed by atoms with van der Waals surface area (Å²) in [5.41, 5.74) is 0.738. The van der Waals surface area contributed by atoms with Crippen LogP contribution in [0.5, 0.6) is 5.75 Å². The van der Waals surface area contributed by atoms with Crippen LogP contribution in [0.4, 0.5) is 5.95 Å². The predicted octanol–water partition coefficient (Wildman–Crippen LogP) is 0.00970. The van der Waals surface area contributed by atoms with Gasteiger partial charge < -0.3 is 26.8 Å². The molecule has 0 unspecified atom stereocenters. The number of aromatic nitrogens is 2. The zero-order chi connectivity index (χ0) is 18.1. The quantitative estimate of drug-likeness (QED) is 0.521. The van der Waals surface area contributed by atoms with Crippen molar-refractivity contribution in [2.24, 2.45) is 0 Å². The maximum atomic E-state index is 11.6. The average molecular weight is 493 g/mol. The molecule has 7 heteroatoms. The Morgan fingerprint density at radius 3 is 2.56 bits per heavy atom. The third-order valence-corrected chi connectivity index (χ3v) is 5.21. The molecule has 0 spiro atoms. The molecule has 0 bridgehead atoms. The molecule has 4 rings (SSSR count). The van der Waals surface area contributed by atoms with Gasteiger partial charge in [0.2, 0.25) is 5.72 Å². The van der Waals surface area contributed by atoms with Crippen molar-refractivity contribution >= 4 is 21.9 Å². The van der Waals surface area contributed by atoms with E-state index in [1.54, 1.807) is 13.3 Å². The number of hydrogen-bond donors (Lipinski definition) is 1. The second kappa shape index (κ2) is 7.96. The fourth-order valence-corrected chi connectivity index (χ4v) is 3.57. The van der Waals surface area contributed by atoms with Gasteiger partial charge in [-0.2, -0.15) is 0 Å². The van der Waals surface area contributed by atoms with Crippen molar-refractivity contribution in [2.75, 3.05) is 12.0 Å². The maximum Gasteiger partial charge on any atom is 0.397 e. The largest absolute Gasteiger partial charge is 1.00 e. The molecule has 1 aliphatic rings. The highest BCUT2D eigenvalue weighted by atomic mass is 79.9. The second-order valence-corrected chi connectivity index (χ2v) is 7.22. The standard InChI is InChI=1S/C20H19BrN3O2.BrH/c1-26-18-9-3-15(4-10-18)13-24-19-22-11-2-12-23(19)14-20(24,25)16-5-7-17(21)8-6-16;/h2-12,25H,13-14H2,1H3;1H/q+1;/p-1/t20-;/m1./s1. The molecule has 0 amide bonds. The molecule has 1 aliphatic heterocycles. The van der Waals surface area contributed by atoms with Gasteiger partial charge in [0.15, 0.2) is 0 Å². The van der Waals surface area contributed by atoms with Crippen LogP contribution >= 0.6 is 15.9 Å². The highest BCUT2D eigenvalue weighted by molar-refractivity contribution is 9.10. The predicted molar refractivity (Wildman–Crippen MR) is 102 cm³/mol. The third kappa shape index (κ3) is 3.72. The van der Waals surface area contributed by atoms with Gasteiger partial charge in [0.1, 0.15) is 18.5 Å². The summed E-state index contributed by atoms with van der Waals surface area (Å²) in [4.78, 5) is 6.45. The van der Waals surface area contributed by atoms with Gasteiger partial charge in [-0.25, -0.2) is 9.47 Å². The number of nitrogens with zero attached hydrogens (tertiary/aromatic N) is 3. The lowest BCUT2D eigenvalue weighted by Gasteiger charge is -2.28. The average Bonchev–Trinajstić information content (AvgIpc) is 2.96. The molecule has 27 heavy (non-hydrogen) atoms. The fourth-order valence-electron chi connectivity index (χ4n) is 3.31. The number of ether oxygens (including phenoxy) is 1. The van der Waals surface area contributed by atoms with E-state index in [1.165, 1.54) is 0 Å². The zero-order valence-corrected chi connectivity index (χ0v) is 17.9. The lowest BCUT2D eigenvalue weighted by molar-refractivity contribution is -0.685. The smallest absolute Gasteiger partial charge is 0.397 e. The van der Waals surface area contributed by atoms with Gasteiger partial charge in [-0.1, -0.05) is 45.2 Å². The van der Waals surface area contributed by atoms with Crippen LogP contribution in [0.2, 0.25) is 0 Å². The summed E-state index contributed by atoms with van der Waals surface area (Å²) in [5, 5.41) is 11.6. The van der Waals surface area contributed by atoms with Gasteiger partial charge in [-0.15, -0.1) is 0 Å². The first-order valence-corrected chi connectivity index (χ1v) is 9.13. The molecule has 0 saturated carbocycles.